The molecular formula is C22H29NO4. The van der Waals surface area contributed by atoms with Crippen LogP contribution in [0, 0.1) is 0 Å². The van der Waals surface area contributed by atoms with E-state index in [-0.39, 0.29) is 24.6 Å². The zero-order valence-electron chi connectivity index (χ0n) is 16.9. The Bertz CT molecular complexity index is 791. The van der Waals surface area contributed by atoms with Gasteiger partial charge >= 0.3 is 0 Å². The van der Waals surface area contributed by atoms with Crippen molar-refractivity contribution in [2.45, 2.75) is 46.4 Å². The average Bonchev–Trinajstić information content (AvgIpc) is 2.65. The molecule has 0 unspecified atom stereocenters. The zero-order valence-corrected chi connectivity index (χ0v) is 16.9. The summed E-state index contributed by atoms with van der Waals surface area (Å²) in [5.41, 5.74) is 2.79. The van der Waals surface area contributed by atoms with Crippen LogP contribution in [-0.2, 0) is 6.61 Å². The van der Waals surface area contributed by atoms with Gasteiger partial charge in [0.2, 0.25) is 0 Å². The molecule has 0 spiro atoms. The van der Waals surface area contributed by atoms with Crippen LogP contribution in [0.3, 0.4) is 0 Å². The summed E-state index contributed by atoms with van der Waals surface area (Å²) in [5.74, 6) is 1.07. The molecule has 0 radical (unpaired) electrons. The van der Waals surface area contributed by atoms with Gasteiger partial charge in [0.25, 0.3) is 5.91 Å². The third kappa shape index (κ3) is 4.25. The Kier molecular flexibility index (Phi) is 6.86. The lowest BCUT2D eigenvalue weighted by Crippen LogP contribution is -2.42. The van der Waals surface area contributed by atoms with Crippen molar-refractivity contribution in [2.24, 2.45) is 0 Å². The van der Waals surface area contributed by atoms with Crippen LogP contribution in [-0.4, -0.2) is 42.2 Å². The second kappa shape index (κ2) is 8.91. The van der Waals surface area contributed by atoms with E-state index in [4.69, 9.17) is 9.47 Å². The highest BCUT2D eigenvalue weighted by Crippen LogP contribution is 2.35. The van der Waals surface area contributed by atoms with Gasteiger partial charge in [-0.05, 0) is 57.0 Å². The van der Waals surface area contributed by atoms with Gasteiger partial charge in [-0.2, -0.15) is 0 Å². The predicted octanol–water partition coefficient (Wildman–Crippen LogP) is 4.12. The standard InChI is InChI=1S/C22H29NO4/c1-14(2)23(15(3)4)22(25)21-18(8-7-9-20(21)27-6)16-10-11-19(26-5)17(12-16)13-24/h7-12,14-15,24H,13H2,1-6H3. The van der Waals surface area contributed by atoms with E-state index in [1.54, 1.807) is 26.4 Å². The molecule has 1 amide bonds. The van der Waals surface area contributed by atoms with E-state index in [1.807, 2.05) is 56.9 Å². The van der Waals surface area contributed by atoms with Crippen molar-refractivity contribution in [1.82, 2.24) is 4.90 Å². The van der Waals surface area contributed by atoms with Gasteiger partial charge in [-0.15, -0.1) is 0 Å². The first-order valence-electron chi connectivity index (χ1n) is 9.13. The number of nitrogens with zero attached hydrogens (tertiary/aromatic N) is 1. The number of ether oxygens (including phenoxy) is 2. The number of methoxy groups -OCH3 is 2. The van der Waals surface area contributed by atoms with Crippen LogP contribution in [0.5, 0.6) is 11.5 Å². The first-order valence-corrected chi connectivity index (χ1v) is 9.13. The normalized spacial score (nSPS) is 11.0. The molecule has 5 nitrogen and oxygen atoms in total. The Hall–Kier alpha value is -2.53. The molecule has 2 aromatic carbocycles. The molecule has 0 heterocycles. The van der Waals surface area contributed by atoms with Crippen LogP contribution in [0.2, 0.25) is 0 Å². The average molecular weight is 371 g/mol. The molecule has 5 heteroatoms. The van der Waals surface area contributed by atoms with Gasteiger partial charge in [-0.25, -0.2) is 0 Å². The second-order valence-corrected chi connectivity index (χ2v) is 6.97. The van der Waals surface area contributed by atoms with Gasteiger partial charge in [0.1, 0.15) is 11.5 Å². The molecule has 1 N–H and O–H groups in total. The van der Waals surface area contributed by atoms with Crippen molar-refractivity contribution in [3.05, 3.63) is 47.5 Å². The molecule has 0 saturated carbocycles. The van der Waals surface area contributed by atoms with Crippen LogP contribution < -0.4 is 9.47 Å². The molecule has 0 atom stereocenters. The van der Waals surface area contributed by atoms with Crippen molar-refractivity contribution in [1.29, 1.82) is 0 Å². The van der Waals surface area contributed by atoms with E-state index < -0.39 is 0 Å². The van der Waals surface area contributed by atoms with Gasteiger partial charge in [-0.1, -0.05) is 18.2 Å². The Morgan fingerprint density at radius 1 is 1.00 bits per heavy atom. The number of aliphatic hydroxyl groups is 1. The maximum Gasteiger partial charge on any atom is 0.258 e. The maximum absolute atomic E-state index is 13.5. The van der Waals surface area contributed by atoms with Crippen LogP contribution >= 0.6 is 0 Å². The minimum absolute atomic E-state index is 0.0548. The number of aliphatic hydroxyl groups excluding tert-OH is 1. The molecule has 0 aliphatic rings. The molecule has 0 saturated heterocycles. The van der Waals surface area contributed by atoms with Gasteiger partial charge in [-0.3, -0.25) is 4.79 Å². The fourth-order valence-electron chi connectivity index (χ4n) is 3.43. The zero-order chi connectivity index (χ0) is 20.1. The molecule has 2 aromatic rings. The Morgan fingerprint density at radius 3 is 2.15 bits per heavy atom. The van der Waals surface area contributed by atoms with Crippen molar-refractivity contribution >= 4 is 5.91 Å². The summed E-state index contributed by atoms with van der Waals surface area (Å²) < 4.78 is 10.8. The number of carbonyl (C=O) groups excluding carboxylic acids is 1. The Labute approximate surface area is 161 Å². The van der Waals surface area contributed by atoms with E-state index in [1.165, 1.54) is 0 Å². The van der Waals surface area contributed by atoms with E-state index >= 15 is 0 Å². The molecule has 0 aliphatic heterocycles. The van der Waals surface area contributed by atoms with Crippen molar-refractivity contribution in [3.63, 3.8) is 0 Å². The van der Waals surface area contributed by atoms with Gasteiger partial charge < -0.3 is 19.5 Å². The highest BCUT2D eigenvalue weighted by molar-refractivity contribution is 6.03. The minimum Gasteiger partial charge on any atom is -0.496 e. The number of amides is 1. The number of hydrogen-bond donors (Lipinski definition) is 1. The molecule has 0 bridgehead atoms. The van der Waals surface area contributed by atoms with E-state index in [2.05, 4.69) is 0 Å². The maximum atomic E-state index is 13.5. The largest absolute Gasteiger partial charge is 0.496 e. The number of hydrogen-bond acceptors (Lipinski definition) is 4. The molecule has 0 fully saturated rings. The highest BCUT2D eigenvalue weighted by Gasteiger charge is 2.27. The molecule has 146 valence electrons. The van der Waals surface area contributed by atoms with E-state index in [9.17, 15) is 9.90 Å². The smallest absolute Gasteiger partial charge is 0.258 e. The predicted molar refractivity (Wildman–Crippen MR) is 107 cm³/mol. The first-order chi connectivity index (χ1) is 12.8. The monoisotopic (exact) mass is 371 g/mol. The molecule has 0 aromatic heterocycles. The van der Waals surface area contributed by atoms with Crippen molar-refractivity contribution in [3.8, 4) is 22.6 Å². The van der Waals surface area contributed by atoms with Gasteiger partial charge in [0.05, 0.1) is 26.4 Å². The SMILES string of the molecule is COc1ccc(-c2cccc(OC)c2C(=O)N(C(C)C)C(C)C)cc1CO. The Morgan fingerprint density at radius 2 is 1.63 bits per heavy atom. The fourth-order valence-corrected chi connectivity index (χ4v) is 3.43. The Balaban J connectivity index is 2.68. The molecule has 27 heavy (non-hydrogen) atoms. The summed E-state index contributed by atoms with van der Waals surface area (Å²) >= 11 is 0. The number of benzene rings is 2. The topological polar surface area (TPSA) is 59.0 Å². The lowest BCUT2D eigenvalue weighted by atomic mass is 9.95. The van der Waals surface area contributed by atoms with Crippen LogP contribution in [0.25, 0.3) is 11.1 Å². The number of carbonyl (C=O) groups is 1. The minimum atomic E-state index is -0.144. The first kappa shape index (κ1) is 20.8. The highest BCUT2D eigenvalue weighted by atomic mass is 16.5. The lowest BCUT2D eigenvalue weighted by molar-refractivity contribution is 0.0641. The third-order valence-corrected chi connectivity index (χ3v) is 4.57. The summed E-state index contributed by atoms with van der Waals surface area (Å²) in [4.78, 5) is 15.3. The van der Waals surface area contributed by atoms with Crippen LogP contribution in [0.1, 0.15) is 43.6 Å². The van der Waals surface area contributed by atoms with Gasteiger partial charge in [0, 0.05) is 17.6 Å². The van der Waals surface area contributed by atoms with E-state index in [0.717, 1.165) is 11.1 Å². The molecular weight excluding hydrogens is 342 g/mol. The van der Waals surface area contributed by atoms with Crippen LogP contribution in [0.4, 0.5) is 0 Å². The second-order valence-electron chi connectivity index (χ2n) is 6.97. The summed E-state index contributed by atoms with van der Waals surface area (Å²) in [6.07, 6.45) is 0. The summed E-state index contributed by atoms with van der Waals surface area (Å²) in [6.45, 7) is 7.87. The van der Waals surface area contributed by atoms with Gasteiger partial charge in [0.15, 0.2) is 0 Å². The molecule has 0 aliphatic carbocycles. The fraction of sp³-hybridized carbons (Fsp3) is 0.409. The van der Waals surface area contributed by atoms with Crippen molar-refractivity contribution < 1.29 is 19.4 Å². The summed E-state index contributed by atoms with van der Waals surface area (Å²) in [5, 5.41) is 9.65. The quantitative estimate of drug-likeness (QED) is 0.795. The summed E-state index contributed by atoms with van der Waals surface area (Å²) in [7, 11) is 3.13. The summed E-state index contributed by atoms with van der Waals surface area (Å²) in [6, 6.07) is 11.2. The molecule has 2 rings (SSSR count). The third-order valence-electron chi connectivity index (χ3n) is 4.57. The lowest BCUT2D eigenvalue weighted by Gasteiger charge is -2.32. The van der Waals surface area contributed by atoms with E-state index in [0.29, 0.717) is 22.6 Å². The van der Waals surface area contributed by atoms with Crippen LogP contribution in [0.15, 0.2) is 36.4 Å². The van der Waals surface area contributed by atoms with Crippen molar-refractivity contribution in [2.75, 3.05) is 14.2 Å². The number of rotatable bonds is 7.